The van der Waals surface area contributed by atoms with E-state index in [1.807, 2.05) is 6.92 Å². The molecule has 2 aliphatic heterocycles. The average molecular weight is 437 g/mol. The summed E-state index contributed by atoms with van der Waals surface area (Å²) in [5.41, 5.74) is 1.24. The summed E-state index contributed by atoms with van der Waals surface area (Å²) in [5.74, 6) is -0.195. The van der Waals surface area contributed by atoms with Gasteiger partial charge in [-0.1, -0.05) is 19.4 Å². The van der Waals surface area contributed by atoms with Crippen molar-refractivity contribution in [1.82, 2.24) is 19.4 Å². The predicted molar refractivity (Wildman–Crippen MR) is 119 cm³/mol. The SMILES string of the molecule is CCN1CCN(CCCNC(=O)c2cc(S(=O)(=O)N3CCCCC3)ccc2C)CC1. The van der Waals surface area contributed by atoms with Crippen molar-refractivity contribution < 1.29 is 13.2 Å². The van der Waals surface area contributed by atoms with Gasteiger partial charge < -0.3 is 15.1 Å². The van der Waals surface area contributed by atoms with Crippen LogP contribution in [0.25, 0.3) is 0 Å². The van der Waals surface area contributed by atoms with E-state index in [2.05, 4.69) is 22.0 Å². The van der Waals surface area contributed by atoms with E-state index in [-0.39, 0.29) is 10.8 Å². The van der Waals surface area contributed by atoms with Crippen molar-refractivity contribution in [3.63, 3.8) is 0 Å². The highest BCUT2D eigenvalue weighted by Gasteiger charge is 2.27. The third-order valence-electron chi connectivity index (χ3n) is 6.26. The smallest absolute Gasteiger partial charge is 0.251 e. The second kappa shape index (κ2) is 10.7. The Labute approximate surface area is 181 Å². The third kappa shape index (κ3) is 5.81. The number of benzene rings is 1. The molecule has 0 aliphatic carbocycles. The van der Waals surface area contributed by atoms with Crippen LogP contribution in [0, 0.1) is 6.92 Å². The molecular formula is C22H36N4O3S. The van der Waals surface area contributed by atoms with Gasteiger partial charge in [-0.25, -0.2) is 8.42 Å². The number of nitrogens with one attached hydrogen (secondary N) is 1. The zero-order chi connectivity index (χ0) is 21.6. The Balaban J connectivity index is 1.53. The zero-order valence-electron chi connectivity index (χ0n) is 18.4. The third-order valence-corrected chi connectivity index (χ3v) is 8.15. The van der Waals surface area contributed by atoms with Gasteiger partial charge in [0, 0.05) is 51.4 Å². The minimum Gasteiger partial charge on any atom is -0.352 e. The molecule has 0 radical (unpaired) electrons. The highest BCUT2D eigenvalue weighted by molar-refractivity contribution is 7.89. The molecule has 2 aliphatic rings. The molecule has 0 saturated carbocycles. The maximum absolute atomic E-state index is 12.9. The normalized spacial score (nSPS) is 19.7. The van der Waals surface area contributed by atoms with Crippen LogP contribution in [-0.2, 0) is 10.0 Å². The number of carbonyl (C=O) groups is 1. The van der Waals surface area contributed by atoms with Crippen LogP contribution in [0.1, 0.15) is 48.5 Å². The first-order valence-corrected chi connectivity index (χ1v) is 12.7. The van der Waals surface area contributed by atoms with Crippen molar-refractivity contribution in [2.45, 2.75) is 44.4 Å². The summed E-state index contributed by atoms with van der Waals surface area (Å²) in [4.78, 5) is 17.8. The maximum Gasteiger partial charge on any atom is 0.251 e. The van der Waals surface area contributed by atoms with Crippen molar-refractivity contribution in [3.8, 4) is 0 Å². The molecular weight excluding hydrogens is 400 g/mol. The van der Waals surface area contributed by atoms with Gasteiger partial charge >= 0.3 is 0 Å². The summed E-state index contributed by atoms with van der Waals surface area (Å²) in [7, 11) is -3.54. The van der Waals surface area contributed by atoms with Crippen molar-refractivity contribution in [2.24, 2.45) is 0 Å². The Hall–Kier alpha value is -1.48. The fraction of sp³-hybridized carbons (Fsp3) is 0.682. The molecule has 0 atom stereocenters. The van der Waals surface area contributed by atoms with E-state index in [0.29, 0.717) is 25.2 Å². The Morgan fingerprint density at radius 3 is 2.33 bits per heavy atom. The first-order valence-electron chi connectivity index (χ1n) is 11.3. The standard InChI is InChI=1S/C22H36N4O3S/c1-3-24-14-16-25(17-15-24)11-7-10-23-22(27)21-18-20(9-8-19(21)2)30(28,29)26-12-5-4-6-13-26/h8-9,18H,3-7,10-17H2,1-2H3,(H,23,27). The molecule has 2 heterocycles. The molecule has 8 heteroatoms. The molecule has 0 unspecified atom stereocenters. The molecule has 7 nitrogen and oxygen atoms in total. The second-order valence-electron chi connectivity index (χ2n) is 8.33. The Morgan fingerprint density at radius 2 is 1.67 bits per heavy atom. The first kappa shape index (κ1) is 23.2. The molecule has 3 rings (SSSR count). The summed E-state index contributed by atoms with van der Waals surface area (Å²) in [5, 5.41) is 2.97. The van der Waals surface area contributed by atoms with Gasteiger partial charge in [0.2, 0.25) is 10.0 Å². The van der Waals surface area contributed by atoms with Crippen molar-refractivity contribution in [1.29, 1.82) is 0 Å². The lowest BCUT2D eigenvalue weighted by Crippen LogP contribution is -2.46. The number of likely N-dealkylation sites (N-methyl/N-ethyl adjacent to an activating group) is 1. The fourth-order valence-corrected chi connectivity index (χ4v) is 5.73. The Bertz CT molecular complexity index is 814. The Morgan fingerprint density at radius 1 is 1.00 bits per heavy atom. The van der Waals surface area contributed by atoms with Crippen molar-refractivity contribution in [3.05, 3.63) is 29.3 Å². The highest BCUT2D eigenvalue weighted by Crippen LogP contribution is 2.22. The lowest BCUT2D eigenvalue weighted by Gasteiger charge is -2.33. The largest absolute Gasteiger partial charge is 0.352 e. The number of rotatable bonds is 8. The van der Waals surface area contributed by atoms with Gasteiger partial charge in [-0.2, -0.15) is 4.31 Å². The van der Waals surface area contributed by atoms with Gasteiger partial charge in [0.15, 0.2) is 0 Å². The second-order valence-corrected chi connectivity index (χ2v) is 10.3. The topological polar surface area (TPSA) is 73.0 Å². The van der Waals surface area contributed by atoms with Gasteiger partial charge in [0.05, 0.1) is 4.90 Å². The number of nitrogens with zero attached hydrogens (tertiary/aromatic N) is 3. The van der Waals surface area contributed by atoms with E-state index >= 15 is 0 Å². The molecule has 0 bridgehead atoms. The van der Waals surface area contributed by atoms with Gasteiger partial charge in [-0.05, 0) is 57.0 Å². The number of piperazine rings is 1. The van der Waals surface area contributed by atoms with E-state index in [4.69, 9.17) is 0 Å². The van der Waals surface area contributed by atoms with Crippen LogP contribution < -0.4 is 5.32 Å². The fourth-order valence-electron chi connectivity index (χ4n) is 4.19. The number of sulfonamides is 1. The highest BCUT2D eigenvalue weighted by atomic mass is 32.2. The summed E-state index contributed by atoms with van der Waals surface area (Å²) in [6, 6.07) is 4.89. The molecule has 1 aromatic carbocycles. The van der Waals surface area contributed by atoms with Crippen molar-refractivity contribution >= 4 is 15.9 Å². The minimum absolute atomic E-state index is 0.195. The summed E-state index contributed by atoms with van der Waals surface area (Å²) < 4.78 is 27.4. The number of carbonyl (C=O) groups excluding carboxylic acids is 1. The van der Waals surface area contributed by atoms with E-state index in [1.165, 1.54) is 0 Å². The van der Waals surface area contributed by atoms with E-state index in [9.17, 15) is 13.2 Å². The molecule has 2 saturated heterocycles. The number of hydrogen-bond donors (Lipinski definition) is 1. The number of piperidine rings is 1. The first-order chi connectivity index (χ1) is 14.4. The summed E-state index contributed by atoms with van der Waals surface area (Å²) in [6.45, 7) is 12.2. The molecule has 1 N–H and O–H groups in total. The van der Waals surface area contributed by atoms with Crippen molar-refractivity contribution in [2.75, 3.05) is 58.9 Å². The molecule has 0 aromatic heterocycles. The van der Waals surface area contributed by atoms with Gasteiger partial charge in [0.1, 0.15) is 0 Å². The molecule has 168 valence electrons. The number of aryl methyl sites for hydroxylation is 1. The van der Waals surface area contributed by atoms with Gasteiger partial charge in [-0.15, -0.1) is 0 Å². The quantitative estimate of drug-likeness (QED) is 0.631. The lowest BCUT2D eigenvalue weighted by atomic mass is 10.1. The van der Waals surface area contributed by atoms with E-state index in [0.717, 1.165) is 70.5 Å². The maximum atomic E-state index is 12.9. The minimum atomic E-state index is -3.54. The van der Waals surface area contributed by atoms with E-state index < -0.39 is 10.0 Å². The molecule has 1 aromatic rings. The molecule has 30 heavy (non-hydrogen) atoms. The molecule has 1 amide bonds. The Kier molecular flexibility index (Phi) is 8.27. The number of amides is 1. The summed E-state index contributed by atoms with van der Waals surface area (Å²) >= 11 is 0. The van der Waals surface area contributed by atoms with Crippen LogP contribution in [0.3, 0.4) is 0 Å². The van der Waals surface area contributed by atoms with Crippen LogP contribution in [0.2, 0.25) is 0 Å². The average Bonchev–Trinajstić information content (AvgIpc) is 2.77. The lowest BCUT2D eigenvalue weighted by molar-refractivity contribution is 0.0947. The van der Waals surface area contributed by atoms with Crippen LogP contribution in [0.4, 0.5) is 0 Å². The van der Waals surface area contributed by atoms with Crippen LogP contribution in [0.15, 0.2) is 23.1 Å². The summed E-state index contributed by atoms with van der Waals surface area (Å²) in [6.07, 6.45) is 3.75. The van der Waals surface area contributed by atoms with E-state index in [1.54, 1.807) is 22.5 Å². The molecule has 0 spiro atoms. The van der Waals surface area contributed by atoms with Crippen LogP contribution >= 0.6 is 0 Å². The van der Waals surface area contributed by atoms with Crippen LogP contribution in [0.5, 0.6) is 0 Å². The van der Waals surface area contributed by atoms with Gasteiger partial charge in [0.25, 0.3) is 5.91 Å². The predicted octanol–water partition coefficient (Wildman–Crippen LogP) is 1.93. The zero-order valence-corrected chi connectivity index (χ0v) is 19.2. The molecule has 2 fully saturated rings. The van der Waals surface area contributed by atoms with Gasteiger partial charge in [-0.3, -0.25) is 4.79 Å². The number of hydrogen-bond acceptors (Lipinski definition) is 5. The monoisotopic (exact) mass is 436 g/mol. The van der Waals surface area contributed by atoms with Crippen LogP contribution in [-0.4, -0.2) is 87.3 Å².